The van der Waals surface area contributed by atoms with Crippen molar-refractivity contribution in [3.8, 4) is 0 Å². The molecule has 0 aromatic heterocycles. The van der Waals surface area contributed by atoms with Gasteiger partial charge >= 0.3 is 0 Å². The lowest BCUT2D eigenvalue weighted by molar-refractivity contribution is -0.136. The van der Waals surface area contributed by atoms with E-state index < -0.39 is 0 Å². The number of ether oxygens (including phenoxy) is 1. The predicted molar refractivity (Wildman–Crippen MR) is 78.3 cm³/mol. The first kappa shape index (κ1) is 13.3. The minimum absolute atomic E-state index is 0.294. The molecule has 1 spiro atoms. The molecule has 3 aliphatic rings. The third-order valence-electron chi connectivity index (χ3n) is 5.04. The van der Waals surface area contributed by atoms with Gasteiger partial charge in [0.1, 0.15) is 0 Å². The van der Waals surface area contributed by atoms with Crippen molar-refractivity contribution in [2.24, 2.45) is 0 Å². The van der Waals surface area contributed by atoms with E-state index in [1.54, 1.807) is 0 Å². The van der Waals surface area contributed by atoms with Crippen molar-refractivity contribution in [3.63, 3.8) is 0 Å². The van der Waals surface area contributed by atoms with Crippen molar-refractivity contribution in [1.29, 1.82) is 0 Å². The smallest absolute Gasteiger partial charge is 0.0697 e. The van der Waals surface area contributed by atoms with Gasteiger partial charge in [0, 0.05) is 23.9 Å². The summed E-state index contributed by atoms with van der Waals surface area (Å²) in [6.45, 7) is 3.27. The van der Waals surface area contributed by atoms with E-state index in [2.05, 4.69) is 24.0 Å². The van der Waals surface area contributed by atoms with E-state index in [0.717, 1.165) is 23.9 Å². The van der Waals surface area contributed by atoms with Gasteiger partial charge in [0.2, 0.25) is 0 Å². The van der Waals surface area contributed by atoms with Crippen LogP contribution >= 0.6 is 11.8 Å². The standard InChI is InChI=1S/C15H27NOS/c1-2-18-14-6-3-5-13(14)16-12-7-10-17-15(11-12)8-4-9-15/h12-14,16H,2-11H2,1H3. The van der Waals surface area contributed by atoms with E-state index in [1.807, 2.05) is 0 Å². The summed E-state index contributed by atoms with van der Waals surface area (Å²) in [5.74, 6) is 1.26. The first-order chi connectivity index (χ1) is 8.81. The van der Waals surface area contributed by atoms with Crippen molar-refractivity contribution in [3.05, 3.63) is 0 Å². The summed E-state index contributed by atoms with van der Waals surface area (Å²) in [5, 5.41) is 4.85. The van der Waals surface area contributed by atoms with Crippen LogP contribution in [0.5, 0.6) is 0 Å². The van der Waals surface area contributed by atoms with Gasteiger partial charge in [-0.2, -0.15) is 11.8 Å². The second-order valence-electron chi connectivity index (χ2n) is 6.27. The van der Waals surface area contributed by atoms with Gasteiger partial charge in [0.15, 0.2) is 0 Å². The van der Waals surface area contributed by atoms with Crippen LogP contribution in [0.25, 0.3) is 0 Å². The van der Waals surface area contributed by atoms with Gasteiger partial charge in [-0.25, -0.2) is 0 Å². The number of rotatable bonds is 4. The van der Waals surface area contributed by atoms with Crippen LogP contribution in [0.3, 0.4) is 0 Å². The van der Waals surface area contributed by atoms with Crippen molar-refractivity contribution >= 4 is 11.8 Å². The Labute approximate surface area is 116 Å². The molecule has 0 aromatic carbocycles. The van der Waals surface area contributed by atoms with Gasteiger partial charge in [0.05, 0.1) is 5.60 Å². The fraction of sp³-hybridized carbons (Fsp3) is 1.00. The summed E-state index contributed by atoms with van der Waals surface area (Å²) in [5.41, 5.74) is 0.294. The zero-order valence-corrected chi connectivity index (χ0v) is 12.4. The van der Waals surface area contributed by atoms with E-state index in [1.165, 1.54) is 57.1 Å². The molecule has 0 radical (unpaired) electrons. The molecular weight excluding hydrogens is 242 g/mol. The second kappa shape index (κ2) is 5.72. The molecule has 18 heavy (non-hydrogen) atoms. The molecule has 2 nitrogen and oxygen atoms in total. The highest BCUT2D eigenvalue weighted by Gasteiger charge is 2.43. The molecule has 1 heterocycles. The summed E-state index contributed by atoms with van der Waals surface area (Å²) in [7, 11) is 0. The second-order valence-corrected chi connectivity index (χ2v) is 7.79. The van der Waals surface area contributed by atoms with Crippen LogP contribution in [0.1, 0.15) is 58.3 Å². The number of nitrogens with one attached hydrogen (secondary N) is 1. The number of hydrogen-bond acceptors (Lipinski definition) is 3. The Morgan fingerprint density at radius 1 is 1.22 bits per heavy atom. The van der Waals surface area contributed by atoms with Crippen molar-refractivity contribution in [2.45, 2.75) is 81.2 Å². The summed E-state index contributed by atoms with van der Waals surface area (Å²) >= 11 is 2.16. The van der Waals surface area contributed by atoms with Crippen molar-refractivity contribution < 1.29 is 4.74 Å². The lowest BCUT2D eigenvalue weighted by atomic mass is 9.74. The van der Waals surface area contributed by atoms with Crippen LogP contribution in [-0.2, 0) is 4.74 Å². The Bertz CT molecular complexity index is 280. The van der Waals surface area contributed by atoms with E-state index in [4.69, 9.17) is 4.74 Å². The first-order valence-electron chi connectivity index (χ1n) is 7.83. The average Bonchev–Trinajstić information content (AvgIpc) is 2.76. The molecule has 0 aromatic rings. The largest absolute Gasteiger partial charge is 0.375 e. The number of hydrogen-bond donors (Lipinski definition) is 1. The average molecular weight is 269 g/mol. The van der Waals surface area contributed by atoms with Crippen LogP contribution in [0.15, 0.2) is 0 Å². The fourth-order valence-electron chi connectivity index (χ4n) is 3.92. The highest BCUT2D eigenvalue weighted by Crippen LogP contribution is 2.42. The third-order valence-corrected chi connectivity index (χ3v) is 6.37. The Hall–Kier alpha value is 0.270. The first-order valence-corrected chi connectivity index (χ1v) is 8.88. The zero-order chi connectivity index (χ0) is 12.4. The van der Waals surface area contributed by atoms with Gasteiger partial charge in [-0.05, 0) is 50.7 Å². The molecule has 3 fully saturated rings. The molecule has 0 bridgehead atoms. The van der Waals surface area contributed by atoms with Crippen LogP contribution in [0, 0.1) is 0 Å². The molecule has 1 saturated heterocycles. The van der Waals surface area contributed by atoms with Crippen molar-refractivity contribution in [1.82, 2.24) is 5.32 Å². The lowest BCUT2D eigenvalue weighted by Gasteiger charge is -2.48. The molecule has 104 valence electrons. The van der Waals surface area contributed by atoms with Crippen LogP contribution in [-0.4, -0.2) is 35.3 Å². The van der Waals surface area contributed by atoms with Gasteiger partial charge in [-0.3, -0.25) is 0 Å². The molecular formula is C15H27NOS. The molecule has 2 aliphatic carbocycles. The van der Waals surface area contributed by atoms with E-state index >= 15 is 0 Å². The maximum Gasteiger partial charge on any atom is 0.0697 e. The topological polar surface area (TPSA) is 21.3 Å². The van der Waals surface area contributed by atoms with Gasteiger partial charge in [-0.1, -0.05) is 13.3 Å². The van der Waals surface area contributed by atoms with Crippen LogP contribution in [0.4, 0.5) is 0 Å². The van der Waals surface area contributed by atoms with E-state index in [0.29, 0.717) is 5.60 Å². The zero-order valence-electron chi connectivity index (χ0n) is 11.6. The van der Waals surface area contributed by atoms with E-state index in [9.17, 15) is 0 Å². The van der Waals surface area contributed by atoms with Gasteiger partial charge in [0.25, 0.3) is 0 Å². The molecule has 3 rings (SSSR count). The Kier molecular flexibility index (Phi) is 4.21. The minimum atomic E-state index is 0.294. The monoisotopic (exact) mass is 269 g/mol. The van der Waals surface area contributed by atoms with E-state index in [-0.39, 0.29) is 0 Å². The highest BCUT2D eigenvalue weighted by atomic mass is 32.2. The van der Waals surface area contributed by atoms with Gasteiger partial charge < -0.3 is 10.1 Å². The maximum atomic E-state index is 6.03. The summed E-state index contributed by atoms with van der Waals surface area (Å²) in [6.07, 6.45) is 10.7. The molecule has 3 atom stereocenters. The predicted octanol–water partition coefficient (Wildman–Crippen LogP) is 3.35. The summed E-state index contributed by atoms with van der Waals surface area (Å²) < 4.78 is 6.03. The molecule has 0 amide bonds. The fourth-order valence-corrected chi connectivity index (χ4v) is 5.13. The number of thioether (sulfide) groups is 1. The maximum absolute atomic E-state index is 6.03. The van der Waals surface area contributed by atoms with Crippen molar-refractivity contribution in [2.75, 3.05) is 12.4 Å². The molecule has 1 N–H and O–H groups in total. The molecule has 3 unspecified atom stereocenters. The Morgan fingerprint density at radius 2 is 2.11 bits per heavy atom. The third kappa shape index (κ3) is 2.73. The molecule has 1 aliphatic heterocycles. The van der Waals surface area contributed by atoms with Crippen LogP contribution in [0.2, 0.25) is 0 Å². The SMILES string of the molecule is CCSC1CCCC1NC1CCOC2(CCC2)C1. The lowest BCUT2D eigenvalue weighted by Crippen LogP contribution is -2.53. The minimum Gasteiger partial charge on any atom is -0.375 e. The normalized spacial score (nSPS) is 38.8. The Balaban J connectivity index is 1.52. The molecule has 2 saturated carbocycles. The Morgan fingerprint density at radius 3 is 2.83 bits per heavy atom. The summed E-state index contributed by atoms with van der Waals surface area (Å²) in [4.78, 5) is 0. The molecule has 3 heteroatoms. The summed E-state index contributed by atoms with van der Waals surface area (Å²) in [6, 6.07) is 1.50. The van der Waals surface area contributed by atoms with Crippen LogP contribution < -0.4 is 5.32 Å². The van der Waals surface area contributed by atoms with Gasteiger partial charge in [-0.15, -0.1) is 0 Å². The quantitative estimate of drug-likeness (QED) is 0.845. The highest BCUT2D eigenvalue weighted by molar-refractivity contribution is 7.99.